The van der Waals surface area contributed by atoms with E-state index in [4.69, 9.17) is 5.26 Å². The molecule has 0 aliphatic carbocycles. The second-order valence-corrected chi connectivity index (χ2v) is 4.67. The van der Waals surface area contributed by atoms with Crippen LogP contribution in [0.15, 0.2) is 12.4 Å². The Morgan fingerprint density at radius 3 is 2.71 bits per heavy atom. The second kappa shape index (κ2) is 6.38. The van der Waals surface area contributed by atoms with Gasteiger partial charge in [0.2, 0.25) is 0 Å². The summed E-state index contributed by atoms with van der Waals surface area (Å²) in [5.74, 6) is 0. The van der Waals surface area contributed by atoms with Crippen molar-refractivity contribution >= 4 is 0 Å². The lowest BCUT2D eigenvalue weighted by molar-refractivity contribution is 0.395. The molecule has 1 unspecified atom stereocenters. The maximum Gasteiger partial charge on any atom is 0.124 e. The minimum absolute atomic E-state index is 0.276. The van der Waals surface area contributed by atoms with Crippen LogP contribution in [0.3, 0.4) is 0 Å². The largest absolute Gasteiger partial charge is 0.308 e. The molecule has 0 spiro atoms. The monoisotopic (exact) mass is 235 g/mol. The molecule has 1 aromatic rings. The van der Waals surface area contributed by atoms with E-state index in [1.165, 1.54) is 0 Å². The average Bonchev–Trinajstić information content (AvgIpc) is 2.73. The van der Waals surface area contributed by atoms with Crippen LogP contribution >= 0.6 is 0 Å². The van der Waals surface area contributed by atoms with Crippen molar-refractivity contribution in [3.05, 3.63) is 18.0 Å². The van der Waals surface area contributed by atoms with Crippen LogP contribution in [0.2, 0.25) is 0 Å². The Hall–Kier alpha value is -1.38. The third-order valence-corrected chi connectivity index (χ3v) is 2.52. The Bertz CT molecular complexity index is 374. The quantitative estimate of drug-likeness (QED) is 0.804. The molecule has 1 atom stereocenters. The molecule has 1 aromatic heterocycles. The Morgan fingerprint density at radius 1 is 1.53 bits per heavy atom. The normalized spacial score (nSPS) is 13.0. The molecule has 94 valence electrons. The zero-order valence-electron chi connectivity index (χ0n) is 11.0. The smallest absolute Gasteiger partial charge is 0.124 e. The summed E-state index contributed by atoms with van der Waals surface area (Å²) >= 11 is 0. The lowest BCUT2D eigenvalue weighted by atomic mass is 10.2. The molecular formula is C12H21N5. The van der Waals surface area contributed by atoms with Gasteiger partial charge in [-0.2, -0.15) is 10.4 Å². The van der Waals surface area contributed by atoms with Gasteiger partial charge in [-0.25, -0.2) is 0 Å². The standard InChI is InChI=1S/C12H21N5/c1-10(2)17-9-11(8-15-17)12(7-13)14-5-6-16(3)4/h8-10,12,14H,5-6H2,1-4H3. The van der Waals surface area contributed by atoms with Crippen molar-refractivity contribution in [2.45, 2.75) is 25.9 Å². The topological polar surface area (TPSA) is 56.9 Å². The fourth-order valence-corrected chi connectivity index (χ4v) is 1.45. The second-order valence-electron chi connectivity index (χ2n) is 4.67. The highest BCUT2D eigenvalue weighted by Crippen LogP contribution is 2.13. The summed E-state index contributed by atoms with van der Waals surface area (Å²) in [4.78, 5) is 2.08. The van der Waals surface area contributed by atoms with Gasteiger partial charge in [-0.1, -0.05) is 0 Å². The molecule has 0 bridgehead atoms. The number of rotatable bonds is 6. The van der Waals surface area contributed by atoms with Crippen LogP contribution < -0.4 is 5.32 Å². The van der Waals surface area contributed by atoms with Gasteiger partial charge in [0.25, 0.3) is 0 Å². The summed E-state index contributed by atoms with van der Waals surface area (Å²) in [6.45, 7) is 5.84. The van der Waals surface area contributed by atoms with Crippen molar-refractivity contribution in [2.24, 2.45) is 0 Å². The lowest BCUT2D eigenvalue weighted by Crippen LogP contribution is -2.29. The molecule has 0 aliphatic heterocycles. The van der Waals surface area contributed by atoms with Crippen molar-refractivity contribution < 1.29 is 0 Å². The molecule has 0 aromatic carbocycles. The Morgan fingerprint density at radius 2 is 2.24 bits per heavy atom. The van der Waals surface area contributed by atoms with E-state index in [9.17, 15) is 0 Å². The first-order chi connectivity index (χ1) is 8.04. The maximum atomic E-state index is 9.13. The van der Waals surface area contributed by atoms with Crippen molar-refractivity contribution in [1.82, 2.24) is 20.0 Å². The first kappa shape index (κ1) is 13.7. The number of nitrogens with one attached hydrogen (secondary N) is 1. The van der Waals surface area contributed by atoms with Crippen LogP contribution in [-0.4, -0.2) is 41.9 Å². The zero-order chi connectivity index (χ0) is 12.8. The molecule has 0 saturated heterocycles. The molecule has 5 nitrogen and oxygen atoms in total. The number of hydrogen-bond donors (Lipinski definition) is 1. The predicted molar refractivity (Wildman–Crippen MR) is 67.5 cm³/mol. The average molecular weight is 235 g/mol. The molecule has 0 amide bonds. The summed E-state index contributed by atoms with van der Waals surface area (Å²) < 4.78 is 1.87. The SMILES string of the molecule is CC(C)n1cc(C(C#N)NCCN(C)C)cn1. The van der Waals surface area contributed by atoms with Crippen LogP contribution in [0.4, 0.5) is 0 Å². The summed E-state index contributed by atoms with van der Waals surface area (Å²) in [6, 6.07) is 2.31. The minimum Gasteiger partial charge on any atom is -0.308 e. The first-order valence-electron chi connectivity index (χ1n) is 5.86. The van der Waals surface area contributed by atoms with Gasteiger partial charge in [-0.15, -0.1) is 0 Å². The van der Waals surface area contributed by atoms with Gasteiger partial charge in [-0.3, -0.25) is 10.00 Å². The first-order valence-corrected chi connectivity index (χ1v) is 5.86. The van der Waals surface area contributed by atoms with E-state index >= 15 is 0 Å². The molecule has 1 heterocycles. The molecule has 0 radical (unpaired) electrons. The molecule has 5 heteroatoms. The highest BCUT2D eigenvalue weighted by atomic mass is 15.3. The highest BCUT2D eigenvalue weighted by molar-refractivity contribution is 5.17. The summed E-state index contributed by atoms with van der Waals surface area (Å²) in [5, 5.41) is 16.6. The fourth-order valence-electron chi connectivity index (χ4n) is 1.45. The molecular weight excluding hydrogens is 214 g/mol. The number of likely N-dealkylation sites (N-methyl/N-ethyl adjacent to an activating group) is 1. The number of aromatic nitrogens is 2. The molecule has 0 aliphatic rings. The van der Waals surface area contributed by atoms with Crippen molar-refractivity contribution in [2.75, 3.05) is 27.2 Å². The van der Waals surface area contributed by atoms with E-state index in [2.05, 4.69) is 35.2 Å². The van der Waals surface area contributed by atoms with Gasteiger partial charge in [0.1, 0.15) is 6.04 Å². The molecule has 17 heavy (non-hydrogen) atoms. The van der Waals surface area contributed by atoms with Crippen LogP contribution in [0.5, 0.6) is 0 Å². The fraction of sp³-hybridized carbons (Fsp3) is 0.667. The summed E-state index contributed by atoms with van der Waals surface area (Å²) in [6.07, 6.45) is 3.69. The highest BCUT2D eigenvalue weighted by Gasteiger charge is 2.12. The maximum absolute atomic E-state index is 9.13. The van der Waals surface area contributed by atoms with E-state index in [1.54, 1.807) is 6.20 Å². The van der Waals surface area contributed by atoms with Gasteiger partial charge in [0.05, 0.1) is 12.3 Å². The van der Waals surface area contributed by atoms with Gasteiger partial charge in [0.15, 0.2) is 0 Å². The number of nitrogens with zero attached hydrogens (tertiary/aromatic N) is 4. The predicted octanol–water partition coefficient (Wildman–Crippen LogP) is 1.18. The van der Waals surface area contributed by atoms with E-state index in [1.807, 2.05) is 25.0 Å². The van der Waals surface area contributed by atoms with Crippen LogP contribution in [0, 0.1) is 11.3 Å². The van der Waals surface area contributed by atoms with Crippen molar-refractivity contribution in [3.8, 4) is 6.07 Å². The van der Waals surface area contributed by atoms with Crippen molar-refractivity contribution in [3.63, 3.8) is 0 Å². The minimum atomic E-state index is -0.276. The van der Waals surface area contributed by atoms with Crippen LogP contribution in [0.1, 0.15) is 31.5 Å². The third kappa shape index (κ3) is 4.17. The Kier molecular flexibility index (Phi) is 5.13. The number of nitriles is 1. The molecule has 1 N–H and O–H groups in total. The van der Waals surface area contributed by atoms with Gasteiger partial charge >= 0.3 is 0 Å². The summed E-state index contributed by atoms with van der Waals surface area (Å²) in [5.41, 5.74) is 0.931. The van der Waals surface area contributed by atoms with Crippen molar-refractivity contribution in [1.29, 1.82) is 5.26 Å². The van der Waals surface area contributed by atoms with Crippen LogP contribution in [-0.2, 0) is 0 Å². The molecule has 1 rings (SSSR count). The van der Waals surface area contributed by atoms with E-state index < -0.39 is 0 Å². The van der Waals surface area contributed by atoms with E-state index in [0.717, 1.165) is 18.7 Å². The van der Waals surface area contributed by atoms with E-state index in [-0.39, 0.29) is 6.04 Å². The Labute approximate surface area is 103 Å². The van der Waals surface area contributed by atoms with Gasteiger partial charge in [0, 0.05) is 30.9 Å². The van der Waals surface area contributed by atoms with Gasteiger partial charge in [-0.05, 0) is 27.9 Å². The zero-order valence-corrected chi connectivity index (χ0v) is 11.0. The lowest BCUT2D eigenvalue weighted by Gasteiger charge is -2.13. The number of hydrogen-bond acceptors (Lipinski definition) is 4. The molecule has 0 saturated carbocycles. The molecule has 0 fully saturated rings. The Balaban J connectivity index is 2.57. The van der Waals surface area contributed by atoms with E-state index in [0.29, 0.717) is 6.04 Å². The third-order valence-electron chi connectivity index (χ3n) is 2.52. The van der Waals surface area contributed by atoms with Gasteiger partial charge < -0.3 is 4.90 Å². The summed E-state index contributed by atoms with van der Waals surface area (Å²) in [7, 11) is 4.03. The van der Waals surface area contributed by atoms with Crippen LogP contribution in [0.25, 0.3) is 0 Å².